The van der Waals surface area contributed by atoms with Crippen molar-refractivity contribution in [1.82, 2.24) is 5.32 Å². The number of hydrogen-bond acceptors (Lipinski definition) is 6. The number of alkyl carbamates (subject to hydrolysis) is 1. The van der Waals surface area contributed by atoms with Crippen LogP contribution in [0.25, 0.3) is 11.1 Å². The van der Waals surface area contributed by atoms with Gasteiger partial charge in [0.05, 0.1) is 18.6 Å². The maximum absolute atomic E-state index is 13.0. The van der Waals surface area contributed by atoms with E-state index in [1.54, 1.807) is 34.6 Å². The Morgan fingerprint density at radius 2 is 1.76 bits per heavy atom. The van der Waals surface area contributed by atoms with Crippen LogP contribution in [0.5, 0.6) is 0 Å². The molecule has 204 valence electrons. The standard InChI is InChI=1S/C29H40ClNO6/c1-6-36-26(33)29(5,20-35-16-8-15-32)19-25(31-27(34)37-28(2,3)4)17-21-11-13-22(14-12-21)23-9-7-10-24(30)18-23/h7,9-14,18,25,32H,6,8,15-17,19-20H2,1-5H3,(H,31,34)/t25-,29+/m1/s1. The summed E-state index contributed by atoms with van der Waals surface area (Å²) >= 11 is 6.14. The fraction of sp³-hybridized carbons (Fsp3) is 0.517. The number of esters is 1. The van der Waals surface area contributed by atoms with Crippen molar-refractivity contribution in [2.24, 2.45) is 5.41 Å². The van der Waals surface area contributed by atoms with Crippen molar-refractivity contribution in [2.45, 2.75) is 65.5 Å². The van der Waals surface area contributed by atoms with Crippen molar-refractivity contribution in [2.75, 3.05) is 26.4 Å². The summed E-state index contributed by atoms with van der Waals surface area (Å²) in [6.45, 7) is 9.59. The van der Waals surface area contributed by atoms with E-state index in [2.05, 4.69) is 5.32 Å². The molecule has 0 saturated heterocycles. The van der Waals surface area contributed by atoms with Gasteiger partial charge in [-0.25, -0.2) is 4.79 Å². The molecule has 2 aromatic carbocycles. The number of halogens is 1. The summed E-state index contributed by atoms with van der Waals surface area (Å²) in [5.74, 6) is -0.397. The van der Waals surface area contributed by atoms with Crippen LogP contribution in [0.15, 0.2) is 48.5 Å². The molecule has 0 heterocycles. The lowest BCUT2D eigenvalue weighted by molar-refractivity contribution is -0.159. The Hall–Kier alpha value is -2.61. The number of hydrogen-bond donors (Lipinski definition) is 2. The number of benzene rings is 2. The first kappa shape index (κ1) is 30.6. The zero-order chi connectivity index (χ0) is 27.5. The number of rotatable bonds is 13. The van der Waals surface area contributed by atoms with Crippen LogP contribution in [0.1, 0.15) is 53.0 Å². The minimum Gasteiger partial charge on any atom is -0.466 e. The van der Waals surface area contributed by atoms with Crippen molar-refractivity contribution in [3.8, 4) is 11.1 Å². The lowest BCUT2D eigenvalue weighted by Crippen LogP contribution is -2.46. The monoisotopic (exact) mass is 533 g/mol. The molecule has 0 aliphatic carbocycles. The molecule has 0 unspecified atom stereocenters. The van der Waals surface area contributed by atoms with E-state index in [9.17, 15) is 9.59 Å². The van der Waals surface area contributed by atoms with Gasteiger partial charge in [-0.2, -0.15) is 0 Å². The Labute approximate surface area is 225 Å². The Kier molecular flexibility index (Phi) is 11.9. The predicted molar refractivity (Wildman–Crippen MR) is 146 cm³/mol. The van der Waals surface area contributed by atoms with Crippen molar-refractivity contribution >= 4 is 23.7 Å². The maximum Gasteiger partial charge on any atom is 0.407 e. The maximum atomic E-state index is 13.0. The van der Waals surface area contributed by atoms with Gasteiger partial charge in [-0.15, -0.1) is 0 Å². The highest BCUT2D eigenvalue weighted by atomic mass is 35.5. The molecule has 0 saturated carbocycles. The molecule has 0 bridgehead atoms. The SMILES string of the molecule is CCOC(=O)[C@](C)(COCCCO)C[C@@H](Cc1ccc(-c2cccc(Cl)c2)cc1)NC(=O)OC(C)(C)C. The fourth-order valence-corrected chi connectivity index (χ4v) is 4.14. The molecule has 2 aromatic rings. The first-order valence-corrected chi connectivity index (χ1v) is 13.0. The van der Waals surface area contributed by atoms with Gasteiger partial charge in [0.2, 0.25) is 0 Å². The molecule has 0 aliphatic rings. The number of carbonyl (C=O) groups excluding carboxylic acids is 2. The molecule has 8 heteroatoms. The van der Waals surface area contributed by atoms with E-state index in [0.29, 0.717) is 24.5 Å². The van der Waals surface area contributed by atoms with Crippen LogP contribution in [0.3, 0.4) is 0 Å². The van der Waals surface area contributed by atoms with Crippen molar-refractivity contribution in [3.63, 3.8) is 0 Å². The molecule has 0 fully saturated rings. The normalized spacial score (nSPS) is 13.9. The second-order valence-corrected chi connectivity index (χ2v) is 10.8. The second-order valence-electron chi connectivity index (χ2n) is 10.4. The van der Waals surface area contributed by atoms with Gasteiger partial charge < -0.3 is 24.6 Å². The summed E-state index contributed by atoms with van der Waals surface area (Å²) in [4.78, 5) is 25.6. The van der Waals surface area contributed by atoms with Crippen LogP contribution in [-0.4, -0.2) is 55.2 Å². The first-order valence-electron chi connectivity index (χ1n) is 12.7. The van der Waals surface area contributed by atoms with E-state index in [-0.39, 0.29) is 26.2 Å². The van der Waals surface area contributed by atoms with E-state index >= 15 is 0 Å². The van der Waals surface area contributed by atoms with Crippen LogP contribution in [0, 0.1) is 5.41 Å². The van der Waals surface area contributed by atoms with Gasteiger partial charge >= 0.3 is 12.1 Å². The largest absolute Gasteiger partial charge is 0.466 e. The summed E-state index contributed by atoms with van der Waals surface area (Å²) in [6.07, 6.45) is 0.666. The highest BCUT2D eigenvalue weighted by Gasteiger charge is 2.38. The molecule has 37 heavy (non-hydrogen) atoms. The smallest absolute Gasteiger partial charge is 0.407 e. The van der Waals surface area contributed by atoms with Gasteiger partial charge in [-0.05, 0) is 82.7 Å². The average molecular weight is 534 g/mol. The van der Waals surface area contributed by atoms with Gasteiger partial charge in [0.1, 0.15) is 5.60 Å². The van der Waals surface area contributed by atoms with Gasteiger partial charge in [0.25, 0.3) is 0 Å². The zero-order valence-corrected chi connectivity index (χ0v) is 23.3. The average Bonchev–Trinajstić information content (AvgIpc) is 2.81. The summed E-state index contributed by atoms with van der Waals surface area (Å²) in [5, 5.41) is 12.7. The number of carbonyl (C=O) groups is 2. The van der Waals surface area contributed by atoms with Gasteiger partial charge in [0.15, 0.2) is 0 Å². The molecule has 7 nitrogen and oxygen atoms in total. The van der Waals surface area contributed by atoms with E-state index in [1.165, 1.54) is 0 Å². The van der Waals surface area contributed by atoms with Gasteiger partial charge in [-0.3, -0.25) is 4.79 Å². The minimum absolute atomic E-state index is 0.00409. The molecule has 1 amide bonds. The summed E-state index contributed by atoms with van der Waals surface area (Å²) in [6, 6.07) is 15.2. The number of nitrogens with one attached hydrogen (secondary N) is 1. The van der Waals surface area contributed by atoms with E-state index < -0.39 is 29.1 Å². The van der Waals surface area contributed by atoms with Crippen LogP contribution in [0.4, 0.5) is 4.79 Å². The molecule has 0 aliphatic heterocycles. The Morgan fingerprint density at radius 1 is 1.05 bits per heavy atom. The Balaban J connectivity index is 2.26. The molecular weight excluding hydrogens is 494 g/mol. The van der Waals surface area contributed by atoms with Crippen LogP contribution < -0.4 is 5.32 Å². The van der Waals surface area contributed by atoms with E-state index in [1.807, 2.05) is 48.5 Å². The molecule has 2 rings (SSSR count). The highest BCUT2D eigenvalue weighted by Crippen LogP contribution is 2.29. The number of aliphatic hydroxyl groups excluding tert-OH is 1. The summed E-state index contributed by atoms with van der Waals surface area (Å²) < 4.78 is 16.5. The molecule has 0 aromatic heterocycles. The van der Waals surface area contributed by atoms with Crippen molar-refractivity contribution < 1.29 is 28.9 Å². The summed E-state index contributed by atoms with van der Waals surface area (Å²) in [5.41, 5.74) is 1.35. The third-order valence-electron chi connectivity index (χ3n) is 5.65. The van der Waals surface area contributed by atoms with Crippen molar-refractivity contribution in [3.05, 3.63) is 59.1 Å². The molecule has 2 N–H and O–H groups in total. The molecule has 0 spiro atoms. The van der Waals surface area contributed by atoms with Gasteiger partial charge in [-0.1, -0.05) is 48.0 Å². The van der Waals surface area contributed by atoms with E-state index in [0.717, 1.165) is 16.7 Å². The lowest BCUT2D eigenvalue weighted by atomic mass is 9.82. The topological polar surface area (TPSA) is 94.1 Å². The van der Waals surface area contributed by atoms with Crippen molar-refractivity contribution in [1.29, 1.82) is 0 Å². The predicted octanol–water partition coefficient (Wildman–Crippen LogP) is 5.80. The van der Waals surface area contributed by atoms with Crippen LogP contribution >= 0.6 is 11.6 Å². The quantitative estimate of drug-likeness (QED) is 0.249. The third-order valence-corrected chi connectivity index (χ3v) is 5.88. The zero-order valence-electron chi connectivity index (χ0n) is 22.5. The van der Waals surface area contributed by atoms with Crippen LogP contribution in [0.2, 0.25) is 5.02 Å². The Morgan fingerprint density at radius 3 is 2.35 bits per heavy atom. The number of aliphatic hydroxyl groups is 1. The minimum atomic E-state index is -1.01. The summed E-state index contributed by atoms with van der Waals surface area (Å²) in [7, 11) is 0. The van der Waals surface area contributed by atoms with Crippen LogP contribution in [-0.2, 0) is 25.4 Å². The second kappa shape index (κ2) is 14.4. The highest BCUT2D eigenvalue weighted by molar-refractivity contribution is 6.30. The molecule has 2 atom stereocenters. The number of amides is 1. The third kappa shape index (κ3) is 10.7. The first-order chi connectivity index (χ1) is 17.5. The Bertz CT molecular complexity index is 1000. The number of ether oxygens (including phenoxy) is 3. The fourth-order valence-electron chi connectivity index (χ4n) is 3.95. The van der Waals surface area contributed by atoms with E-state index in [4.69, 9.17) is 30.9 Å². The molecular formula is C29H40ClNO6. The lowest BCUT2D eigenvalue weighted by Gasteiger charge is -2.32. The van der Waals surface area contributed by atoms with Gasteiger partial charge in [0, 0.05) is 24.3 Å². The molecule has 0 radical (unpaired) electrons.